The van der Waals surface area contributed by atoms with Crippen LogP contribution in [0, 0.1) is 0 Å². The van der Waals surface area contributed by atoms with Crippen molar-refractivity contribution in [2.24, 2.45) is 5.10 Å². The molecule has 0 atom stereocenters. The Hall–Kier alpha value is -4.30. The second kappa shape index (κ2) is 11.2. The maximum absolute atomic E-state index is 12.5. The van der Waals surface area contributed by atoms with Crippen molar-refractivity contribution in [2.45, 2.75) is 6.61 Å². The van der Waals surface area contributed by atoms with Gasteiger partial charge in [0, 0.05) is 10.6 Å². The maximum Gasteiger partial charge on any atom is 0.289 e. The summed E-state index contributed by atoms with van der Waals surface area (Å²) in [6.45, 7) is 0.410. The van der Waals surface area contributed by atoms with Gasteiger partial charge < -0.3 is 14.2 Å². The van der Waals surface area contributed by atoms with E-state index in [1.165, 1.54) is 6.21 Å². The lowest BCUT2D eigenvalue weighted by molar-refractivity contribution is 0.0950. The first-order valence-electron chi connectivity index (χ1n) is 10.6. The molecule has 35 heavy (non-hydrogen) atoms. The van der Waals surface area contributed by atoms with Crippen LogP contribution in [0.25, 0.3) is 11.3 Å². The lowest BCUT2D eigenvalue weighted by atomic mass is 10.1. The van der Waals surface area contributed by atoms with Crippen molar-refractivity contribution in [3.63, 3.8) is 0 Å². The molecule has 2 N–H and O–H groups in total. The molecule has 0 saturated heterocycles. The van der Waals surface area contributed by atoms with Crippen molar-refractivity contribution in [1.29, 1.82) is 0 Å². The summed E-state index contributed by atoms with van der Waals surface area (Å²) in [6.07, 6.45) is 1.51. The van der Waals surface area contributed by atoms with Crippen LogP contribution >= 0.6 is 11.6 Å². The molecule has 1 amide bonds. The predicted molar refractivity (Wildman–Crippen MR) is 134 cm³/mol. The molecule has 3 aromatic carbocycles. The molecule has 4 rings (SSSR count). The number of halogens is 1. The van der Waals surface area contributed by atoms with Gasteiger partial charge in [0.05, 0.1) is 26.1 Å². The zero-order valence-electron chi connectivity index (χ0n) is 19.1. The van der Waals surface area contributed by atoms with Gasteiger partial charge in [0.15, 0.2) is 11.5 Å². The highest BCUT2D eigenvalue weighted by atomic mass is 35.5. The molecule has 0 radical (unpaired) electrons. The van der Waals surface area contributed by atoms with Crippen molar-refractivity contribution in [3.8, 4) is 28.5 Å². The normalized spacial score (nSPS) is 10.8. The minimum Gasteiger partial charge on any atom is -0.493 e. The Bertz CT molecular complexity index is 1340. The number of nitrogens with one attached hydrogen (secondary N) is 2. The molecule has 0 aliphatic rings. The number of aromatic nitrogens is 2. The number of H-pyrrole nitrogens is 1. The summed E-state index contributed by atoms with van der Waals surface area (Å²) in [6, 6.07) is 21.9. The van der Waals surface area contributed by atoms with Crippen molar-refractivity contribution in [3.05, 3.63) is 94.6 Å². The fourth-order valence-electron chi connectivity index (χ4n) is 3.24. The van der Waals surface area contributed by atoms with E-state index in [-0.39, 0.29) is 5.69 Å². The molecule has 4 aromatic rings. The third-order valence-corrected chi connectivity index (χ3v) is 5.31. The SMILES string of the molecule is COc1ccc(/C=N/NC(=O)c2cc(-c3cccc(OCc4ccc(Cl)cc4)c3)n[nH]2)cc1OC. The second-order valence-electron chi connectivity index (χ2n) is 7.42. The second-order valence-corrected chi connectivity index (χ2v) is 7.86. The fourth-order valence-corrected chi connectivity index (χ4v) is 3.36. The number of nitrogens with zero attached hydrogens (tertiary/aromatic N) is 2. The van der Waals surface area contributed by atoms with E-state index in [4.69, 9.17) is 25.8 Å². The number of ether oxygens (including phenoxy) is 3. The molecule has 8 nitrogen and oxygen atoms in total. The smallest absolute Gasteiger partial charge is 0.289 e. The Kier molecular flexibility index (Phi) is 7.64. The van der Waals surface area contributed by atoms with Crippen LogP contribution < -0.4 is 19.6 Å². The van der Waals surface area contributed by atoms with E-state index in [0.717, 1.165) is 16.7 Å². The van der Waals surface area contributed by atoms with Gasteiger partial charge in [0.2, 0.25) is 0 Å². The highest BCUT2D eigenvalue weighted by Gasteiger charge is 2.11. The van der Waals surface area contributed by atoms with Gasteiger partial charge in [-0.2, -0.15) is 10.2 Å². The van der Waals surface area contributed by atoms with E-state index in [9.17, 15) is 4.79 Å². The first-order valence-corrected chi connectivity index (χ1v) is 11.0. The number of rotatable bonds is 9. The predicted octanol–water partition coefficient (Wildman–Crippen LogP) is 5.09. The molecule has 0 unspecified atom stereocenters. The monoisotopic (exact) mass is 490 g/mol. The molecule has 0 spiro atoms. The number of hydrogen-bond acceptors (Lipinski definition) is 6. The molecule has 0 aliphatic carbocycles. The Morgan fingerprint density at radius 1 is 1.03 bits per heavy atom. The Balaban J connectivity index is 1.37. The highest BCUT2D eigenvalue weighted by molar-refractivity contribution is 6.30. The van der Waals surface area contributed by atoms with E-state index >= 15 is 0 Å². The number of amides is 1. The summed E-state index contributed by atoms with van der Waals surface area (Å²) in [5.41, 5.74) is 5.92. The average Bonchev–Trinajstić information content (AvgIpc) is 3.39. The third-order valence-electron chi connectivity index (χ3n) is 5.06. The van der Waals surface area contributed by atoms with Gasteiger partial charge in [0.1, 0.15) is 18.1 Å². The summed E-state index contributed by atoms with van der Waals surface area (Å²) in [4.78, 5) is 12.5. The Labute approximate surface area is 207 Å². The number of benzene rings is 3. The molecular weight excluding hydrogens is 468 g/mol. The van der Waals surface area contributed by atoms with Crippen molar-refractivity contribution in [2.75, 3.05) is 14.2 Å². The van der Waals surface area contributed by atoms with Gasteiger partial charge in [-0.05, 0) is 59.7 Å². The third kappa shape index (κ3) is 6.18. The minimum atomic E-state index is -0.421. The fraction of sp³-hybridized carbons (Fsp3) is 0.115. The number of hydrogen-bond donors (Lipinski definition) is 2. The van der Waals surface area contributed by atoms with Crippen molar-refractivity contribution >= 4 is 23.7 Å². The summed E-state index contributed by atoms with van der Waals surface area (Å²) in [5, 5.41) is 11.7. The first-order chi connectivity index (χ1) is 17.1. The summed E-state index contributed by atoms with van der Waals surface area (Å²) >= 11 is 5.92. The van der Waals surface area contributed by atoms with E-state index in [0.29, 0.717) is 34.6 Å². The van der Waals surface area contributed by atoms with E-state index in [2.05, 4.69) is 20.7 Å². The molecule has 178 valence electrons. The van der Waals surface area contributed by atoms with Gasteiger partial charge in [-0.1, -0.05) is 35.9 Å². The summed E-state index contributed by atoms with van der Waals surface area (Å²) in [7, 11) is 3.12. The zero-order valence-corrected chi connectivity index (χ0v) is 19.9. The lowest BCUT2D eigenvalue weighted by Gasteiger charge is -2.07. The van der Waals surface area contributed by atoms with Crippen LogP contribution in [0.1, 0.15) is 21.6 Å². The molecule has 1 aromatic heterocycles. The zero-order chi connectivity index (χ0) is 24.6. The van der Waals surface area contributed by atoms with Crippen molar-refractivity contribution in [1.82, 2.24) is 15.6 Å². The summed E-state index contributed by atoms with van der Waals surface area (Å²) < 4.78 is 16.4. The Morgan fingerprint density at radius 3 is 2.60 bits per heavy atom. The van der Waals surface area contributed by atoms with Crippen LogP contribution in [-0.4, -0.2) is 36.5 Å². The summed E-state index contributed by atoms with van der Waals surface area (Å²) in [5.74, 6) is 1.44. The molecule has 0 aliphatic heterocycles. The largest absolute Gasteiger partial charge is 0.493 e. The number of aromatic amines is 1. The molecule has 0 fully saturated rings. The van der Waals surface area contributed by atoms with E-state index in [1.807, 2.05) is 48.5 Å². The topological polar surface area (TPSA) is 97.8 Å². The molecular formula is C26H23ClN4O4. The van der Waals surface area contributed by atoms with Crippen LogP contribution in [0.2, 0.25) is 5.02 Å². The van der Waals surface area contributed by atoms with Gasteiger partial charge in [0.25, 0.3) is 5.91 Å². The van der Waals surface area contributed by atoms with Crippen LogP contribution in [0.4, 0.5) is 0 Å². The average molecular weight is 491 g/mol. The van der Waals surface area contributed by atoms with Crippen LogP contribution in [-0.2, 0) is 6.61 Å². The Morgan fingerprint density at radius 2 is 1.83 bits per heavy atom. The van der Waals surface area contributed by atoms with Gasteiger partial charge in [-0.15, -0.1) is 0 Å². The first kappa shape index (κ1) is 23.8. The molecule has 9 heteroatoms. The lowest BCUT2D eigenvalue weighted by Crippen LogP contribution is -2.18. The van der Waals surface area contributed by atoms with Gasteiger partial charge >= 0.3 is 0 Å². The number of hydrazone groups is 1. The number of carbonyl (C=O) groups is 1. The van der Waals surface area contributed by atoms with Crippen LogP contribution in [0.3, 0.4) is 0 Å². The quantitative estimate of drug-likeness (QED) is 0.251. The molecule has 0 bridgehead atoms. The molecule has 0 saturated carbocycles. The van der Waals surface area contributed by atoms with Crippen LogP contribution in [0.15, 0.2) is 77.9 Å². The van der Waals surface area contributed by atoms with Gasteiger partial charge in [-0.3, -0.25) is 9.89 Å². The highest BCUT2D eigenvalue weighted by Crippen LogP contribution is 2.27. The number of carbonyl (C=O) groups excluding carboxylic acids is 1. The van der Waals surface area contributed by atoms with Crippen LogP contribution in [0.5, 0.6) is 17.2 Å². The number of methoxy groups -OCH3 is 2. The van der Waals surface area contributed by atoms with E-state index < -0.39 is 5.91 Å². The van der Waals surface area contributed by atoms with Crippen molar-refractivity contribution < 1.29 is 19.0 Å². The molecule has 1 heterocycles. The minimum absolute atomic E-state index is 0.275. The standard InChI is InChI=1S/C26H23ClN4O4/c1-33-24-11-8-18(12-25(24)34-2)15-28-31-26(32)23-14-22(29-30-23)19-4-3-5-21(13-19)35-16-17-6-9-20(27)10-7-17/h3-15H,16H2,1-2H3,(H,29,30)(H,31,32)/b28-15+. The maximum atomic E-state index is 12.5. The van der Waals surface area contributed by atoms with E-state index in [1.54, 1.807) is 38.5 Å². The van der Waals surface area contributed by atoms with Gasteiger partial charge in [-0.25, -0.2) is 5.43 Å².